The number of hydrogen-bond donors (Lipinski definition) is 0. The van der Waals surface area contributed by atoms with E-state index in [1.165, 1.54) is 16.7 Å². The number of carbonyl (C=O) groups excluding carboxylic acids is 1. The van der Waals surface area contributed by atoms with E-state index in [2.05, 4.69) is 48.5 Å². The Bertz CT molecular complexity index is 529. The Morgan fingerprint density at radius 1 is 0.900 bits per heavy atom. The Hall–Kier alpha value is -2.09. The summed E-state index contributed by atoms with van der Waals surface area (Å²) >= 11 is 0. The van der Waals surface area contributed by atoms with Crippen molar-refractivity contribution in [3.63, 3.8) is 0 Å². The van der Waals surface area contributed by atoms with E-state index in [1.54, 1.807) is 0 Å². The van der Waals surface area contributed by atoms with Gasteiger partial charge in [-0.15, -0.1) is 0 Å². The molecule has 2 rings (SSSR count). The number of ether oxygens (including phenoxy) is 1. The smallest absolute Gasteiger partial charge is 0.306 e. The molecule has 0 aliphatic heterocycles. The highest BCUT2D eigenvalue weighted by Gasteiger charge is 2.03. The maximum absolute atomic E-state index is 11.3. The summed E-state index contributed by atoms with van der Waals surface area (Å²) in [5, 5.41) is 0. The summed E-state index contributed by atoms with van der Waals surface area (Å²) in [6.45, 7) is 2.28. The molecule has 0 aromatic heterocycles. The molecule has 2 aromatic rings. The van der Waals surface area contributed by atoms with Gasteiger partial charge in [-0.3, -0.25) is 4.79 Å². The second-order valence-electron chi connectivity index (χ2n) is 4.78. The van der Waals surface area contributed by atoms with Crippen LogP contribution < -0.4 is 0 Å². The van der Waals surface area contributed by atoms with E-state index in [0.29, 0.717) is 13.0 Å². The molecule has 104 valence electrons. The van der Waals surface area contributed by atoms with Gasteiger partial charge in [0.05, 0.1) is 6.61 Å². The van der Waals surface area contributed by atoms with Crippen LogP contribution in [0.5, 0.6) is 0 Å². The Morgan fingerprint density at radius 2 is 1.50 bits per heavy atom. The highest BCUT2D eigenvalue weighted by atomic mass is 16.5. The highest BCUT2D eigenvalue weighted by Crippen LogP contribution is 2.12. The quantitative estimate of drug-likeness (QED) is 0.745. The van der Waals surface area contributed by atoms with Gasteiger partial charge in [-0.25, -0.2) is 0 Å². The summed E-state index contributed by atoms with van der Waals surface area (Å²) < 4.78 is 4.93. The topological polar surface area (TPSA) is 26.3 Å². The number of carbonyl (C=O) groups is 1. The van der Waals surface area contributed by atoms with Crippen molar-refractivity contribution in [3.05, 3.63) is 71.3 Å². The van der Waals surface area contributed by atoms with Crippen molar-refractivity contribution in [1.29, 1.82) is 0 Å². The second kappa shape index (κ2) is 7.49. The van der Waals surface area contributed by atoms with E-state index >= 15 is 0 Å². The second-order valence-corrected chi connectivity index (χ2v) is 4.78. The van der Waals surface area contributed by atoms with Crippen molar-refractivity contribution >= 4 is 5.97 Å². The van der Waals surface area contributed by atoms with Crippen LogP contribution in [0.15, 0.2) is 54.6 Å². The van der Waals surface area contributed by atoms with Gasteiger partial charge < -0.3 is 4.74 Å². The standard InChI is InChI=1S/C18H20O2/c1-2-20-18(19)13-12-15-8-10-17(11-9-15)14-16-6-4-3-5-7-16/h3-11H,2,12-14H2,1H3. The summed E-state index contributed by atoms with van der Waals surface area (Å²) in [6.07, 6.45) is 2.13. The molecule has 0 saturated heterocycles. The summed E-state index contributed by atoms with van der Waals surface area (Å²) in [5.41, 5.74) is 3.78. The normalized spacial score (nSPS) is 10.2. The maximum Gasteiger partial charge on any atom is 0.306 e. The SMILES string of the molecule is CCOC(=O)CCc1ccc(Cc2ccccc2)cc1. The third-order valence-corrected chi connectivity index (χ3v) is 3.20. The molecular formula is C18H20O2. The van der Waals surface area contributed by atoms with Crippen LogP contribution in [0, 0.1) is 0 Å². The van der Waals surface area contributed by atoms with Crippen molar-refractivity contribution in [2.45, 2.75) is 26.2 Å². The molecule has 0 saturated carbocycles. The zero-order valence-electron chi connectivity index (χ0n) is 11.8. The number of rotatable bonds is 6. The van der Waals surface area contributed by atoms with Crippen LogP contribution in [0.3, 0.4) is 0 Å². The minimum Gasteiger partial charge on any atom is -0.466 e. The minimum absolute atomic E-state index is 0.124. The minimum atomic E-state index is -0.124. The summed E-state index contributed by atoms with van der Waals surface area (Å²) in [7, 11) is 0. The zero-order valence-corrected chi connectivity index (χ0v) is 11.8. The van der Waals surface area contributed by atoms with Crippen LogP contribution >= 0.6 is 0 Å². The fourth-order valence-electron chi connectivity index (χ4n) is 2.13. The van der Waals surface area contributed by atoms with Gasteiger partial charge in [0.15, 0.2) is 0 Å². The number of hydrogen-bond acceptors (Lipinski definition) is 2. The van der Waals surface area contributed by atoms with E-state index in [4.69, 9.17) is 4.74 Å². The van der Waals surface area contributed by atoms with Crippen LogP contribution in [0.1, 0.15) is 30.0 Å². The number of aryl methyl sites for hydroxylation is 1. The summed E-state index contributed by atoms with van der Waals surface area (Å²) in [5.74, 6) is -0.124. The molecule has 0 aliphatic rings. The van der Waals surface area contributed by atoms with Gasteiger partial charge in [0.1, 0.15) is 0 Å². The maximum atomic E-state index is 11.3. The first-order valence-corrected chi connectivity index (χ1v) is 7.05. The molecule has 0 amide bonds. The van der Waals surface area contributed by atoms with Crippen LogP contribution in [-0.4, -0.2) is 12.6 Å². The van der Waals surface area contributed by atoms with E-state index in [0.717, 1.165) is 12.8 Å². The van der Waals surface area contributed by atoms with E-state index in [-0.39, 0.29) is 5.97 Å². The summed E-state index contributed by atoms with van der Waals surface area (Å²) in [4.78, 5) is 11.3. The Balaban J connectivity index is 1.88. The molecule has 0 fully saturated rings. The van der Waals surface area contributed by atoms with E-state index in [1.807, 2.05) is 13.0 Å². The van der Waals surface area contributed by atoms with Crippen LogP contribution in [0.25, 0.3) is 0 Å². The lowest BCUT2D eigenvalue weighted by Gasteiger charge is -2.05. The highest BCUT2D eigenvalue weighted by molar-refractivity contribution is 5.69. The monoisotopic (exact) mass is 268 g/mol. The fraction of sp³-hybridized carbons (Fsp3) is 0.278. The average molecular weight is 268 g/mol. The molecule has 0 atom stereocenters. The van der Waals surface area contributed by atoms with Crippen molar-refractivity contribution in [2.75, 3.05) is 6.61 Å². The molecule has 20 heavy (non-hydrogen) atoms. The van der Waals surface area contributed by atoms with Crippen LogP contribution in [0.2, 0.25) is 0 Å². The Labute approximate surface area is 120 Å². The molecule has 2 aromatic carbocycles. The largest absolute Gasteiger partial charge is 0.466 e. The fourth-order valence-corrected chi connectivity index (χ4v) is 2.13. The van der Waals surface area contributed by atoms with Crippen molar-refractivity contribution < 1.29 is 9.53 Å². The predicted octanol–water partition coefficient (Wildman–Crippen LogP) is 3.77. The average Bonchev–Trinajstić information content (AvgIpc) is 2.48. The van der Waals surface area contributed by atoms with Crippen LogP contribution in [-0.2, 0) is 22.4 Å². The lowest BCUT2D eigenvalue weighted by atomic mass is 10.0. The first-order chi connectivity index (χ1) is 9.78. The molecule has 0 aliphatic carbocycles. The molecule has 0 radical (unpaired) electrons. The van der Waals surface area contributed by atoms with Gasteiger partial charge in [-0.1, -0.05) is 54.6 Å². The van der Waals surface area contributed by atoms with Gasteiger partial charge in [0.2, 0.25) is 0 Å². The lowest BCUT2D eigenvalue weighted by molar-refractivity contribution is -0.143. The molecule has 2 nitrogen and oxygen atoms in total. The molecule has 0 bridgehead atoms. The van der Waals surface area contributed by atoms with Crippen molar-refractivity contribution in [2.24, 2.45) is 0 Å². The molecule has 0 unspecified atom stereocenters. The van der Waals surface area contributed by atoms with Gasteiger partial charge in [0, 0.05) is 6.42 Å². The van der Waals surface area contributed by atoms with Gasteiger partial charge in [-0.05, 0) is 36.5 Å². The summed E-state index contributed by atoms with van der Waals surface area (Å²) in [6, 6.07) is 18.9. The first-order valence-electron chi connectivity index (χ1n) is 7.05. The van der Waals surface area contributed by atoms with Crippen LogP contribution in [0.4, 0.5) is 0 Å². The predicted molar refractivity (Wildman–Crippen MR) is 80.6 cm³/mol. The third-order valence-electron chi connectivity index (χ3n) is 3.20. The van der Waals surface area contributed by atoms with Gasteiger partial charge in [0.25, 0.3) is 0 Å². The number of esters is 1. The van der Waals surface area contributed by atoms with Crippen molar-refractivity contribution in [3.8, 4) is 0 Å². The van der Waals surface area contributed by atoms with E-state index in [9.17, 15) is 4.79 Å². The Morgan fingerprint density at radius 3 is 2.15 bits per heavy atom. The van der Waals surface area contributed by atoms with Gasteiger partial charge in [-0.2, -0.15) is 0 Å². The number of benzene rings is 2. The lowest BCUT2D eigenvalue weighted by Crippen LogP contribution is -2.05. The zero-order chi connectivity index (χ0) is 14.2. The van der Waals surface area contributed by atoms with Crippen molar-refractivity contribution in [1.82, 2.24) is 0 Å². The Kier molecular flexibility index (Phi) is 5.36. The molecule has 0 heterocycles. The molecule has 2 heteroatoms. The molecule has 0 spiro atoms. The molecular weight excluding hydrogens is 248 g/mol. The van der Waals surface area contributed by atoms with E-state index < -0.39 is 0 Å². The van der Waals surface area contributed by atoms with Gasteiger partial charge >= 0.3 is 5.97 Å². The third kappa shape index (κ3) is 4.54. The molecule has 0 N–H and O–H groups in total. The first kappa shape index (κ1) is 14.3.